The number of rotatable bonds is 5. The number of hydrogen-bond donors (Lipinski definition) is 0. The van der Waals surface area contributed by atoms with E-state index in [-0.39, 0.29) is 11.7 Å². The van der Waals surface area contributed by atoms with E-state index < -0.39 is 10.7 Å². The van der Waals surface area contributed by atoms with Gasteiger partial charge in [0.1, 0.15) is 0 Å². The molecule has 8 heteroatoms. The van der Waals surface area contributed by atoms with Crippen molar-refractivity contribution in [3.63, 3.8) is 0 Å². The monoisotopic (exact) mass is 331 g/mol. The number of hydrogen-bond acceptors (Lipinski definition) is 6. The molecule has 0 bridgehead atoms. The molecule has 126 valence electrons. The Morgan fingerprint density at radius 2 is 2.29 bits per heavy atom. The summed E-state index contributed by atoms with van der Waals surface area (Å²) in [5, 5.41) is 18.8. The van der Waals surface area contributed by atoms with E-state index in [2.05, 4.69) is 15.1 Å². The molecule has 1 saturated heterocycles. The van der Waals surface area contributed by atoms with Gasteiger partial charge >= 0.3 is 0 Å². The van der Waals surface area contributed by atoms with E-state index in [1.165, 1.54) is 12.1 Å². The molecule has 1 aliphatic heterocycles. The SMILES string of the molecule is CN(CC1CCCN1c1cccnn1)c1ccc([N+](=O)[O-])cc1F. The Morgan fingerprint density at radius 3 is 2.96 bits per heavy atom. The second-order valence-electron chi connectivity index (χ2n) is 5.84. The third-order valence-corrected chi connectivity index (χ3v) is 4.27. The molecule has 1 atom stereocenters. The first-order valence-electron chi connectivity index (χ1n) is 7.75. The molecule has 0 saturated carbocycles. The normalized spacial score (nSPS) is 17.1. The minimum atomic E-state index is -0.598. The molecule has 0 amide bonds. The summed E-state index contributed by atoms with van der Waals surface area (Å²) in [5.74, 6) is 0.230. The second kappa shape index (κ2) is 6.77. The van der Waals surface area contributed by atoms with Gasteiger partial charge in [-0.3, -0.25) is 10.1 Å². The number of halogens is 1. The Hall–Kier alpha value is -2.77. The van der Waals surface area contributed by atoms with Gasteiger partial charge in [-0.2, -0.15) is 5.10 Å². The summed E-state index contributed by atoms with van der Waals surface area (Å²) in [4.78, 5) is 14.1. The summed E-state index contributed by atoms with van der Waals surface area (Å²) in [7, 11) is 1.79. The lowest BCUT2D eigenvalue weighted by Crippen LogP contribution is -2.39. The molecular formula is C16H18FN5O2. The molecule has 0 spiro atoms. The van der Waals surface area contributed by atoms with E-state index in [1.54, 1.807) is 18.1 Å². The standard InChI is InChI=1S/C16H18FN5O2/c1-20(15-7-6-12(22(23)24)10-14(15)17)11-13-4-3-9-21(13)16-5-2-8-18-19-16/h2,5-8,10,13H,3-4,9,11H2,1H3. The largest absolute Gasteiger partial charge is 0.370 e. The second-order valence-corrected chi connectivity index (χ2v) is 5.84. The molecule has 0 aliphatic carbocycles. The fourth-order valence-corrected chi connectivity index (χ4v) is 3.11. The topological polar surface area (TPSA) is 75.4 Å². The summed E-state index contributed by atoms with van der Waals surface area (Å²) in [6, 6.07) is 7.69. The van der Waals surface area contributed by atoms with Crippen molar-refractivity contribution in [2.75, 3.05) is 29.9 Å². The molecule has 1 aromatic heterocycles. The summed E-state index contributed by atoms with van der Waals surface area (Å²) >= 11 is 0. The van der Waals surface area contributed by atoms with Crippen LogP contribution in [0.4, 0.5) is 21.6 Å². The van der Waals surface area contributed by atoms with Gasteiger partial charge < -0.3 is 9.80 Å². The number of nitro benzene ring substituents is 1. The first-order chi connectivity index (χ1) is 11.6. The van der Waals surface area contributed by atoms with Gasteiger partial charge in [0.2, 0.25) is 0 Å². The Balaban J connectivity index is 1.74. The Labute approximate surface area is 138 Å². The molecular weight excluding hydrogens is 313 g/mol. The minimum Gasteiger partial charge on any atom is -0.370 e. The molecule has 3 rings (SSSR count). The van der Waals surface area contributed by atoms with E-state index in [4.69, 9.17) is 0 Å². The molecule has 1 aromatic carbocycles. The van der Waals surface area contributed by atoms with Crippen LogP contribution >= 0.6 is 0 Å². The maximum atomic E-state index is 14.2. The van der Waals surface area contributed by atoms with Crippen LogP contribution in [0.5, 0.6) is 0 Å². The highest BCUT2D eigenvalue weighted by molar-refractivity contribution is 5.52. The zero-order chi connectivity index (χ0) is 17.1. The molecule has 0 radical (unpaired) electrons. The zero-order valence-electron chi connectivity index (χ0n) is 13.3. The number of likely N-dealkylation sites (N-methyl/N-ethyl adjacent to an activating group) is 1. The van der Waals surface area contributed by atoms with Crippen LogP contribution in [0.3, 0.4) is 0 Å². The van der Waals surface area contributed by atoms with Crippen LogP contribution in [0, 0.1) is 15.9 Å². The average Bonchev–Trinajstić information content (AvgIpc) is 3.03. The average molecular weight is 331 g/mol. The zero-order valence-corrected chi connectivity index (χ0v) is 13.3. The Kier molecular flexibility index (Phi) is 4.54. The molecule has 2 heterocycles. The van der Waals surface area contributed by atoms with Crippen LogP contribution in [0.15, 0.2) is 36.5 Å². The van der Waals surface area contributed by atoms with Crippen molar-refractivity contribution in [1.82, 2.24) is 10.2 Å². The van der Waals surface area contributed by atoms with Crippen LogP contribution in [-0.4, -0.2) is 41.3 Å². The predicted octanol–water partition coefficient (Wildman–Crippen LogP) is 2.63. The highest BCUT2D eigenvalue weighted by atomic mass is 19.1. The maximum Gasteiger partial charge on any atom is 0.272 e. The van der Waals surface area contributed by atoms with Crippen LogP contribution in [0.2, 0.25) is 0 Å². The fourth-order valence-electron chi connectivity index (χ4n) is 3.11. The number of nitro groups is 1. The van der Waals surface area contributed by atoms with E-state index in [0.717, 1.165) is 31.3 Å². The number of non-ortho nitro benzene ring substituents is 1. The number of benzene rings is 1. The fraction of sp³-hybridized carbons (Fsp3) is 0.375. The Morgan fingerprint density at radius 1 is 1.46 bits per heavy atom. The van der Waals surface area contributed by atoms with E-state index in [1.807, 2.05) is 12.1 Å². The van der Waals surface area contributed by atoms with Gasteiger partial charge in [0, 0.05) is 38.4 Å². The lowest BCUT2D eigenvalue weighted by atomic mass is 10.2. The molecule has 1 aliphatic rings. The molecule has 2 aromatic rings. The maximum absolute atomic E-state index is 14.2. The van der Waals surface area contributed by atoms with Crippen molar-refractivity contribution < 1.29 is 9.31 Å². The summed E-state index contributed by atoms with van der Waals surface area (Å²) < 4.78 is 14.2. The van der Waals surface area contributed by atoms with Crippen molar-refractivity contribution in [3.05, 3.63) is 52.5 Å². The van der Waals surface area contributed by atoms with Crippen molar-refractivity contribution in [3.8, 4) is 0 Å². The van der Waals surface area contributed by atoms with Crippen LogP contribution in [-0.2, 0) is 0 Å². The van der Waals surface area contributed by atoms with Crippen molar-refractivity contribution in [2.45, 2.75) is 18.9 Å². The molecule has 1 fully saturated rings. The van der Waals surface area contributed by atoms with E-state index in [0.29, 0.717) is 12.2 Å². The van der Waals surface area contributed by atoms with Gasteiger partial charge in [-0.1, -0.05) is 0 Å². The van der Waals surface area contributed by atoms with E-state index in [9.17, 15) is 14.5 Å². The minimum absolute atomic E-state index is 0.196. The predicted molar refractivity (Wildman–Crippen MR) is 88.7 cm³/mol. The van der Waals surface area contributed by atoms with Crippen molar-refractivity contribution in [2.24, 2.45) is 0 Å². The van der Waals surface area contributed by atoms with Crippen molar-refractivity contribution in [1.29, 1.82) is 0 Å². The highest BCUT2D eigenvalue weighted by Crippen LogP contribution is 2.27. The molecule has 1 unspecified atom stereocenters. The van der Waals surface area contributed by atoms with Crippen molar-refractivity contribution >= 4 is 17.2 Å². The first-order valence-corrected chi connectivity index (χ1v) is 7.75. The van der Waals surface area contributed by atoms with Gasteiger partial charge in [-0.05, 0) is 31.0 Å². The smallest absolute Gasteiger partial charge is 0.272 e. The number of nitrogens with zero attached hydrogens (tertiary/aromatic N) is 5. The first kappa shape index (κ1) is 16.1. The summed E-state index contributed by atoms with van der Waals surface area (Å²) in [6.07, 6.45) is 3.65. The van der Waals surface area contributed by atoms with Gasteiger partial charge in [-0.25, -0.2) is 4.39 Å². The van der Waals surface area contributed by atoms with Crippen LogP contribution in [0.1, 0.15) is 12.8 Å². The van der Waals surface area contributed by atoms with Gasteiger partial charge in [-0.15, -0.1) is 5.10 Å². The van der Waals surface area contributed by atoms with Crippen LogP contribution in [0.25, 0.3) is 0 Å². The van der Waals surface area contributed by atoms with E-state index >= 15 is 0 Å². The molecule has 24 heavy (non-hydrogen) atoms. The van der Waals surface area contributed by atoms with Crippen LogP contribution < -0.4 is 9.80 Å². The van der Waals surface area contributed by atoms with Gasteiger partial charge in [0.25, 0.3) is 5.69 Å². The number of anilines is 2. The summed E-state index contributed by atoms with van der Waals surface area (Å²) in [6.45, 7) is 1.49. The van der Waals surface area contributed by atoms with Gasteiger partial charge in [0.15, 0.2) is 11.6 Å². The summed E-state index contributed by atoms with van der Waals surface area (Å²) in [5.41, 5.74) is 0.110. The third-order valence-electron chi connectivity index (χ3n) is 4.27. The third kappa shape index (κ3) is 3.27. The van der Waals surface area contributed by atoms with Gasteiger partial charge in [0.05, 0.1) is 16.7 Å². The quantitative estimate of drug-likeness (QED) is 0.619. The molecule has 7 nitrogen and oxygen atoms in total. The lowest BCUT2D eigenvalue weighted by molar-refractivity contribution is -0.385. The number of aromatic nitrogens is 2. The molecule has 0 N–H and O–H groups in total. The lowest BCUT2D eigenvalue weighted by Gasteiger charge is -2.30. The Bertz CT molecular complexity index is 728. The highest BCUT2D eigenvalue weighted by Gasteiger charge is 2.27.